The van der Waals surface area contributed by atoms with Crippen molar-refractivity contribution in [2.75, 3.05) is 7.11 Å². The molecule has 0 amide bonds. The van der Waals surface area contributed by atoms with E-state index >= 15 is 0 Å². The summed E-state index contributed by atoms with van der Waals surface area (Å²) < 4.78 is 4.91. The molecule has 0 radical (unpaired) electrons. The van der Waals surface area contributed by atoms with Crippen molar-refractivity contribution in [1.29, 1.82) is 0 Å². The zero-order valence-electron chi connectivity index (χ0n) is 6.66. The molecular formula is C8H10N2O. The van der Waals surface area contributed by atoms with Crippen molar-refractivity contribution in [1.82, 2.24) is 9.97 Å². The van der Waals surface area contributed by atoms with Crippen LogP contribution in [-0.4, -0.2) is 17.1 Å². The maximum atomic E-state index is 4.91. The molecule has 0 aliphatic carbocycles. The highest BCUT2D eigenvalue weighted by molar-refractivity contribution is 5.54. The molecule has 0 saturated carbocycles. The van der Waals surface area contributed by atoms with E-state index in [0.717, 1.165) is 5.57 Å². The van der Waals surface area contributed by atoms with Crippen molar-refractivity contribution >= 4 is 5.57 Å². The molecule has 1 aromatic heterocycles. The lowest BCUT2D eigenvalue weighted by Gasteiger charge is -1.99. The highest BCUT2D eigenvalue weighted by Gasteiger charge is 1.97. The van der Waals surface area contributed by atoms with Gasteiger partial charge in [-0.15, -0.1) is 0 Å². The quantitative estimate of drug-likeness (QED) is 0.641. The molecule has 3 heteroatoms. The van der Waals surface area contributed by atoms with Gasteiger partial charge in [0.25, 0.3) is 0 Å². The number of hydrogen-bond acceptors (Lipinski definition) is 3. The van der Waals surface area contributed by atoms with Crippen LogP contribution in [0.5, 0.6) is 5.88 Å². The largest absolute Gasteiger partial charge is 0.481 e. The van der Waals surface area contributed by atoms with Crippen molar-refractivity contribution in [2.45, 2.75) is 6.92 Å². The Morgan fingerprint density at radius 3 is 2.91 bits per heavy atom. The summed E-state index contributed by atoms with van der Waals surface area (Å²) in [4.78, 5) is 8.05. The molecule has 1 heterocycles. The first kappa shape index (κ1) is 7.72. The second kappa shape index (κ2) is 3.14. The molecule has 0 aliphatic rings. The Kier molecular flexibility index (Phi) is 2.21. The fraction of sp³-hybridized carbons (Fsp3) is 0.250. The third kappa shape index (κ3) is 1.77. The van der Waals surface area contributed by atoms with Crippen LogP contribution >= 0.6 is 0 Å². The summed E-state index contributed by atoms with van der Waals surface area (Å²) in [6.07, 6.45) is 1.65. The lowest BCUT2D eigenvalue weighted by molar-refractivity contribution is 0.396. The maximum absolute atomic E-state index is 4.91. The Bertz CT molecular complexity index is 271. The van der Waals surface area contributed by atoms with E-state index in [-0.39, 0.29) is 0 Å². The summed E-state index contributed by atoms with van der Waals surface area (Å²) >= 11 is 0. The molecular weight excluding hydrogens is 140 g/mol. The fourth-order valence-corrected chi connectivity index (χ4v) is 0.661. The SMILES string of the molecule is C=C(C)c1nccc(OC)n1. The Balaban J connectivity index is 3.01. The Morgan fingerprint density at radius 1 is 1.64 bits per heavy atom. The molecule has 1 aromatic rings. The van der Waals surface area contributed by atoms with Gasteiger partial charge in [0, 0.05) is 12.3 Å². The van der Waals surface area contributed by atoms with Gasteiger partial charge in [0.15, 0.2) is 5.82 Å². The molecule has 0 N–H and O–H groups in total. The number of ether oxygens (including phenoxy) is 1. The molecule has 0 fully saturated rings. The Morgan fingerprint density at radius 2 is 2.36 bits per heavy atom. The summed E-state index contributed by atoms with van der Waals surface area (Å²) in [7, 11) is 1.57. The maximum Gasteiger partial charge on any atom is 0.216 e. The molecule has 0 bridgehead atoms. The minimum absolute atomic E-state index is 0.568. The normalized spacial score (nSPS) is 9.27. The van der Waals surface area contributed by atoms with Crippen molar-refractivity contribution in [2.24, 2.45) is 0 Å². The van der Waals surface area contributed by atoms with Gasteiger partial charge in [0.05, 0.1) is 7.11 Å². The molecule has 0 unspecified atom stereocenters. The molecule has 0 aliphatic heterocycles. The topological polar surface area (TPSA) is 35.0 Å². The van der Waals surface area contributed by atoms with E-state index in [4.69, 9.17) is 4.74 Å². The van der Waals surface area contributed by atoms with Crippen LogP contribution in [0.25, 0.3) is 5.57 Å². The first-order chi connectivity index (χ1) is 5.24. The summed E-state index contributed by atoms with van der Waals surface area (Å²) in [5.41, 5.74) is 0.837. The lowest BCUT2D eigenvalue weighted by atomic mass is 10.3. The third-order valence-electron chi connectivity index (χ3n) is 1.22. The van der Waals surface area contributed by atoms with Gasteiger partial charge in [-0.25, -0.2) is 4.98 Å². The summed E-state index contributed by atoms with van der Waals surface area (Å²) in [5.74, 6) is 1.20. The van der Waals surface area contributed by atoms with E-state index in [1.807, 2.05) is 6.92 Å². The molecule has 1 rings (SSSR count). The summed E-state index contributed by atoms with van der Waals surface area (Å²) in [6.45, 7) is 5.58. The average Bonchev–Trinajstić information content (AvgIpc) is 2.05. The summed E-state index contributed by atoms with van der Waals surface area (Å²) in [6, 6.07) is 1.70. The van der Waals surface area contributed by atoms with Crippen molar-refractivity contribution in [3.8, 4) is 5.88 Å². The molecule has 0 saturated heterocycles. The van der Waals surface area contributed by atoms with E-state index < -0.39 is 0 Å². The smallest absolute Gasteiger partial charge is 0.216 e. The minimum Gasteiger partial charge on any atom is -0.481 e. The van der Waals surface area contributed by atoms with Gasteiger partial charge < -0.3 is 4.74 Å². The monoisotopic (exact) mass is 150 g/mol. The van der Waals surface area contributed by atoms with Crippen LogP contribution < -0.4 is 4.74 Å². The minimum atomic E-state index is 0.568. The van der Waals surface area contributed by atoms with Gasteiger partial charge in [-0.2, -0.15) is 4.98 Å². The van der Waals surface area contributed by atoms with Gasteiger partial charge in [-0.1, -0.05) is 6.58 Å². The van der Waals surface area contributed by atoms with Gasteiger partial charge in [-0.05, 0) is 12.5 Å². The molecule has 0 atom stereocenters. The van der Waals surface area contributed by atoms with Crippen molar-refractivity contribution < 1.29 is 4.74 Å². The van der Waals surface area contributed by atoms with Gasteiger partial charge in [0.2, 0.25) is 5.88 Å². The highest BCUT2D eigenvalue weighted by atomic mass is 16.5. The second-order valence-electron chi connectivity index (χ2n) is 2.20. The van der Waals surface area contributed by atoms with E-state index in [1.165, 1.54) is 0 Å². The number of nitrogens with zero attached hydrogens (tertiary/aromatic N) is 2. The van der Waals surface area contributed by atoms with E-state index in [2.05, 4.69) is 16.5 Å². The number of aromatic nitrogens is 2. The van der Waals surface area contributed by atoms with E-state index in [1.54, 1.807) is 19.4 Å². The van der Waals surface area contributed by atoms with Crippen molar-refractivity contribution in [3.63, 3.8) is 0 Å². The first-order valence-electron chi connectivity index (χ1n) is 3.27. The lowest BCUT2D eigenvalue weighted by Crippen LogP contribution is -1.93. The Labute approximate surface area is 65.8 Å². The first-order valence-corrected chi connectivity index (χ1v) is 3.27. The number of methoxy groups -OCH3 is 1. The van der Waals surface area contributed by atoms with Crippen LogP contribution in [0.4, 0.5) is 0 Å². The second-order valence-corrected chi connectivity index (χ2v) is 2.20. The predicted octanol–water partition coefficient (Wildman–Crippen LogP) is 1.52. The standard InChI is InChI=1S/C8H10N2O/c1-6(2)8-9-5-4-7(10-8)11-3/h4-5H,1H2,2-3H3. The van der Waals surface area contributed by atoms with Gasteiger partial charge in [-0.3, -0.25) is 0 Å². The molecule has 3 nitrogen and oxygen atoms in total. The van der Waals surface area contributed by atoms with Crippen LogP contribution in [0, 0.1) is 0 Å². The van der Waals surface area contributed by atoms with Gasteiger partial charge in [0.1, 0.15) is 0 Å². The number of rotatable bonds is 2. The number of hydrogen-bond donors (Lipinski definition) is 0. The van der Waals surface area contributed by atoms with Crippen LogP contribution in [0.2, 0.25) is 0 Å². The fourth-order valence-electron chi connectivity index (χ4n) is 0.661. The average molecular weight is 150 g/mol. The zero-order valence-corrected chi connectivity index (χ0v) is 6.66. The molecule has 58 valence electrons. The van der Waals surface area contributed by atoms with Crippen LogP contribution in [0.1, 0.15) is 12.7 Å². The molecule has 11 heavy (non-hydrogen) atoms. The van der Waals surface area contributed by atoms with Crippen LogP contribution in [0.3, 0.4) is 0 Å². The highest BCUT2D eigenvalue weighted by Crippen LogP contribution is 2.09. The van der Waals surface area contributed by atoms with Crippen molar-refractivity contribution in [3.05, 3.63) is 24.7 Å². The van der Waals surface area contributed by atoms with E-state index in [9.17, 15) is 0 Å². The third-order valence-corrected chi connectivity index (χ3v) is 1.22. The molecule has 0 spiro atoms. The van der Waals surface area contributed by atoms with Crippen LogP contribution in [-0.2, 0) is 0 Å². The summed E-state index contributed by atoms with van der Waals surface area (Å²) in [5, 5.41) is 0. The zero-order chi connectivity index (χ0) is 8.27. The predicted molar refractivity (Wildman–Crippen MR) is 43.3 cm³/mol. The molecule has 0 aromatic carbocycles. The van der Waals surface area contributed by atoms with Gasteiger partial charge >= 0.3 is 0 Å². The number of allylic oxidation sites excluding steroid dienone is 1. The Hall–Kier alpha value is -1.38. The van der Waals surface area contributed by atoms with E-state index in [0.29, 0.717) is 11.7 Å². The van der Waals surface area contributed by atoms with Crippen LogP contribution in [0.15, 0.2) is 18.8 Å².